The molecule has 0 aliphatic carbocycles. The molecular formula is C14H15N3O3. The lowest BCUT2D eigenvalue weighted by Crippen LogP contribution is -2.02. The lowest BCUT2D eigenvalue weighted by molar-refractivity contribution is 0.280. The number of anilines is 2. The number of nitrogens with two attached hydrogens (primary N) is 2. The number of aromatic hydroxyl groups is 2. The van der Waals surface area contributed by atoms with Crippen molar-refractivity contribution in [2.45, 2.75) is 6.54 Å². The molecular weight excluding hydrogens is 258 g/mol. The Balaban J connectivity index is 2.59. The van der Waals surface area contributed by atoms with Crippen molar-refractivity contribution in [3.8, 4) is 11.5 Å². The lowest BCUT2D eigenvalue weighted by atomic mass is 10.1. The molecule has 0 unspecified atom stereocenters. The van der Waals surface area contributed by atoms with Gasteiger partial charge in [-0.1, -0.05) is 0 Å². The van der Waals surface area contributed by atoms with Crippen LogP contribution in [-0.2, 0) is 6.54 Å². The third-order valence-electron chi connectivity index (χ3n) is 3.39. The standard InChI is InChI=1S/C14H15N3O3/c15-7-3-9-13(11(19)5-7)14-10(17(9)1-2-18)4-8(16)6-12(14)20/h3-6,18-20H,1-2,15-16H2. The van der Waals surface area contributed by atoms with Crippen molar-refractivity contribution in [3.63, 3.8) is 0 Å². The van der Waals surface area contributed by atoms with E-state index in [1.165, 1.54) is 12.1 Å². The first-order valence-corrected chi connectivity index (χ1v) is 6.16. The Kier molecular flexibility index (Phi) is 2.62. The number of aliphatic hydroxyl groups excluding tert-OH is 1. The smallest absolute Gasteiger partial charge is 0.127 e. The molecule has 3 aromatic rings. The first-order chi connectivity index (χ1) is 9.52. The van der Waals surface area contributed by atoms with Crippen LogP contribution in [0.5, 0.6) is 11.5 Å². The molecule has 0 fully saturated rings. The molecule has 0 saturated carbocycles. The van der Waals surface area contributed by atoms with Crippen LogP contribution >= 0.6 is 0 Å². The summed E-state index contributed by atoms with van der Waals surface area (Å²) >= 11 is 0. The highest BCUT2D eigenvalue weighted by Crippen LogP contribution is 2.41. The zero-order valence-electron chi connectivity index (χ0n) is 10.7. The molecule has 0 aliphatic heterocycles. The second-order valence-corrected chi connectivity index (χ2v) is 4.74. The minimum absolute atomic E-state index is 0.0123. The highest BCUT2D eigenvalue weighted by molar-refractivity contribution is 6.15. The summed E-state index contributed by atoms with van der Waals surface area (Å²) in [6.45, 7) is 0.232. The number of phenols is 2. The molecule has 0 radical (unpaired) electrons. The summed E-state index contributed by atoms with van der Waals surface area (Å²) in [6.07, 6.45) is 0. The van der Waals surface area contributed by atoms with Gasteiger partial charge in [-0.15, -0.1) is 0 Å². The molecule has 3 rings (SSSR count). The van der Waals surface area contributed by atoms with E-state index in [9.17, 15) is 15.3 Å². The van der Waals surface area contributed by atoms with Gasteiger partial charge >= 0.3 is 0 Å². The molecule has 2 aromatic carbocycles. The van der Waals surface area contributed by atoms with Crippen molar-refractivity contribution < 1.29 is 15.3 Å². The molecule has 0 spiro atoms. The minimum atomic E-state index is -0.0794. The van der Waals surface area contributed by atoms with Gasteiger partial charge in [-0.05, 0) is 12.1 Å². The fourth-order valence-electron chi connectivity index (χ4n) is 2.67. The quantitative estimate of drug-likeness (QED) is 0.452. The van der Waals surface area contributed by atoms with E-state index >= 15 is 0 Å². The number of phenolic OH excluding ortho intramolecular Hbond substituents is 2. The van der Waals surface area contributed by atoms with E-state index in [0.29, 0.717) is 39.7 Å². The molecule has 0 saturated heterocycles. The van der Waals surface area contributed by atoms with Crippen LogP contribution in [0.1, 0.15) is 0 Å². The van der Waals surface area contributed by atoms with Gasteiger partial charge < -0.3 is 31.4 Å². The largest absolute Gasteiger partial charge is 0.507 e. The molecule has 0 bridgehead atoms. The van der Waals surface area contributed by atoms with Crippen LogP contribution in [0, 0.1) is 0 Å². The first-order valence-electron chi connectivity index (χ1n) is 6.16. The van der Waals surface area contributed by atoms with Gasteiger partial charge in [0.2, 0.25) is 0 Å². The van der Waals surface area contributed by atoms with Crippen molar-refractivity contribution in [1.29, 1.82) is 0 Å². The molecule has 6 nitrogen and oxygen atoms in total. The van der Waals surface area contributed by atoms with Crippen LogP contribution < -0.4 is 11.5 Å². The Bertz CT molecular complexity index is 758. The number of aromatic nitrogens is 1. The van der Waals surface area contributed by atoms with Gasteiger partial charge in [0.25, 0.3) is 0 Å². The van der Waals surface area contributed by atoms with Crippen molar-refractivity contribution in [1.82, 2.24) is 4.57 Å². The van der Waals surface area contributed by atoms with E-state index in [1.54, 1.807) is 16.7 Å². The minimum Gasteiger partial charge on any atom is -0.507 e. The van der Waals surface area contributed by atoms with Crippen LogP contribution in [0.3, 0.4) is 0 Å². The number of fused-ring (bicyclic) bond motifs is 3. The number of benzene rings is 2. The van der Waals surface area contributed by atoms with Gasteiger partial charge in [0, 0.05) is 30.1 Å². The van der Waals surface area contributed by atoms with Crippen molar-refractivity contribution in [3.05, 3.63) is 24.3 Å². The monoisotopic (exact) mass is 273 g/mol. The fraction of sp³-hybridized carbons (Fsp3) is 0.143. The third-order valence-corrected chi connectivity index (χ3v) is 3.39. The van der Waals surface area contributed by atoms with Crippen LogP contribution in [-0.4, -0.2) is 26.5 Å². The van der Waals surface area contributed by atoms with E-state index < -0.39 is 0 Å². The average Bonchev–Trinajstić information content (AvgIpc) is 2.65. The molecule has 0 aliphatic rings. The van der Waals surface area contributed by atoms with Crippen LogP contribution in [0.25, 0.3) is 21.8 Å². The summed E-state index contributed by atoms with van der Waals surface area (Å²) < 4.78 is 1.77. The van der Waals surface area contributed by atoms with Crippen molar-refractivity contribution in [2.24, 2.45) is 0 Å². The predicted molar refractivity (Wildman–Crippen MR) is 78.7 cm³/mol. The summed E-state index contributed by atoms with van der Waals surface area (Å²) in [4.78, 5) is 0. The average molecular weight is 273 g/mol. The van der Waals surface area contributed by atoms with Gasteiger partial charge in [-0.2, -0.15) is 0 Å². The number of nitrogen functional groups attached to an aromatic ring is 2. The maximum absolute atomic E-state index is 10.1. The molecule has 1 aromatic heterocycles. The van der Waals surface area contributed by atoms with E-state index in [-0.39, 0.29) is 18.1 Å². The predicted octanol–water partition coefficient (Wildman–Crippen LogP) is 1.36. The van der Waals surface area contributed by atoms with E-state index in [2.05, 4.69) is 0 Å². The molecule has 0 atom stereocenters. The van der Waals surface area contributed by atoms with Gasteiger partial charge in [0.1, 0.15) is 11.5 Å². The molecule has 7 N–H and O–H groups in total. The Morgan fingerprint density at radius 1 is 0.850 bits per heavy atom. The van der Waals surface area contributed by atoms with E-state index in [1.807, 2.05) is 0 Å². The van der Waals surface area contributed by atoms with Crippen LogP contribution in [0.15, 0.2) is 24.3 Å². The Hall–Kier alpha value is -2.60. The van der Waals surface area contributed by atoms with Gasteiger partial charge in [-0.3, -0.25) is 0 Å². The van der Waals surface area contributed by atoms with Crippen LogP contribution in [0.2, 0.25) is 0 Å². The number of nitrogens with zero attached hydrogens (tertiary/aromatic N) is 1. The van der Waals surface area contributed by atoms with Crippen LogP contribution in [0.4, 0.5) is 11.4 Å². The van der Waals surface area contributed by atoms with E-state index in [0.717, 1.165) is 0 Å². The summed E-state index contributed by atoms with van der Waals surface area (Å²) in [5.41, 5.74) is 13.6. The molecule has 6 heteroatoms. The fourth-order valence-corrected chi connectivity index (χ4v) is 2.67. The number of rotatable bonds is 2. The van der Waals surface area contributed by atoms with Gasteiger partial charge in [0.05, 0.1) is 28.4 Å². The summed E-state index contributed by atoms with van der Waals surface area (Å²) in [7, 11) is 0. The number of aliphatic hydroxyl groups is 1. The maximum Gasteiger partial charge on any atom is 0.127 e. The molecule has 20 heavy (non-hydrogen) atoms. The zero-order valence-corrected chi connectivity index (χ0v) is 10.7. The lowest BCUT2D eigenvalue weighted by Gasteiger charge is -2.06. The molecule has 0 amide bonds. The second kappa shape index (κ2) is 4.21. The Morgan fingerprint density at radius 3 is 1.70 bits per heavy atom. The third kappa shape index (κ3) is 1.62. The van der Waals surface area contributed by atoms with Gasteiger partial charge in [-0.25, -0.2) is 0 Å². The maximum atomic E-state index is 10.1. The highest BCUT2D eigenvalue weighted by atomic mass is 16.3. The summed E-state index contributed by atoms with van der Waals surface area (Å²) in [6, 6.07) is 6.25. The SMILES string of the molecule is Nc1cc(O)c2c3c(O)cc(N)cc3n(CCO)c2c1. The molecule has 1 heterocycles. The van der Waals surface area contributed by atoms with E-state index in [4.69, 9.17) is 11.5 Å². The van der Waals surface area contributed by atoms with Crippen molar-refractivity contribution in [2.75, 3.05) is 18.1 Å². The van der Waals surface area contributed by atoms with Gasteiger partial charge in [0.15, 0.2) is 0 Å². The number of hydrogen-bond acceptors (Lipinski definition) is 5. The Labute approximate surface area is 114 Å². The summed E-state index contributed by atoms with van der Waals surface area (Å²) in [5, 5.41) is 30.5. The highest BCUT2D eigenvalue weighted by Gasteiger charge is 2.17. The topological polar surface area (TPSA) is 118 Å². The number of hydrogen-bond donors (Lipinski definition) is 5. The Morgan fingerprint density at radius 2 is 1.30 bits per heavy atom. The molecule has 104 valence electrons. The second-order valence-electron chi connectivity index (χ2n) is 4.74. The zero-order chi connectivity index (χ0) is 14.4. The first kappa shape index (κ1) is 12.4. The normalized spacial score (nSPS) is 11.4. The van der Waals surface area contributed by atoms with Crippen molar-refractivity contribution >= 4 is 33.2 Å². The summed E-state index contributed by atoms with van der Waals surface area (Å²) in [5.74, 6) is -0.0245.